The van der Waals surface area contributed by atoms with E-state index in [1.165, 1.54) is 0 Å². The molecular weight excluding hydrogens is 317 g/mol. The van der Waals surface area contributed by atoms with Gasteiger partial charge in [0.1, 0.15) is 12.0 Å². The quantitative estimate of drug-likeness (QED) is 0.849. The van der Waals surface area contributed by atoms with E-state index >= 15 is 0 Å². The van der Waals surface area contributed by atoms with Gasteiger partial charge in [-0.25, -0.2) is 4.98 Å². The largest absolute Gasteiger partial charge is 0.468 e. The van der Waals surface area contributed by atoms with Gasteiger partial charge in [0.2, 0.25) is 0 Å². The van der Waals surface area contributed by atoms with Crippen molar-refractivity contribution in [3.05, 3.63) is 36.4 Å². The van der Waals surface area contributed by atoms with Crippen LogP contribution in [0.1, 0.15) is 5.89 Å². The standard InChI is InChI=1S/C14H13F3N2O2S/c15-14(16,17)13-18-12(9-21-13)10-1-3-11(4-2-10)19-5-7-22(20)8-6-19/h1-4,9H,5-8H2. The summed E-state index contributed by atoms with van der Waals surface area (Å²) in [4.78, 5) is 5.56. The number of oxazole rings is 1. The molecule has 0 unspecified atom stereocenters. The molecule has 1 aliphatic rings. The molecule has 0 bridgehead atoms. The third-order valence-corrected chi connectivity index (χ3v) is 4.73. The fraction of sp³-hybridized carbons (Fsp3) is 0.357. The van der Waals surface area contributed by atoms with Crippen molar-refractivity contribution >= 4 is 16.5 Å². The highest BCUT2D eigenvalue weighted by atomic mass is 32.2. The Bertz CT molecular complexity index is 672. The number of alkyl halides is 3. The van der Waals surface area contributed by atoms with Crippen molar-refractivity contribution in [2.75, 3.05) is 29.5 Å². The minimum Gasteiger partial charge on any atom is -0.441 e. The third-order valence-electron chi connectivity index (χ3n) is 3.45. The SMILES string of the molecule is O=S1CCN(c2ccc(-c3coc(C(F)(F)F)n3)cc2)CC1. The van der Waals surface area contributed by atoms with Crippen LogP contribution in [0.3, 0.4) is 0 Å². The molecule has 0 spiro atoms. The van der Waals surface area contributed by atoms with E-state index in [9.17, 15) is 17.4 Å². The third kappa shape index (κ3) is 3.16. The number of rotatable bonds is 2. The predicted octanol–water partition coefficient (Wildman–Crippen LogP) is 2.93. The van der Waals surface area contributed by atoms with Gasteiger partial charge in [0.05, 0.1) is 0 Å². The first-order chi connectivity index (χ1) is 10.4. The Morgan fingerprint density at radius 3 is 2.32 bits per heavy atom. The van der Waals surface area contributed by atoms with Crippen molar-refractivity contribution in [1.29, 1.82) is 0 Å². The second kappa shape index (κ2) is 5.75. The zero-order chi connectivity index (χ0) is 15.7. The van der Waals surface area contributed by atoms with E-state index in [2.05, 4.69) is 14.3 Å². The van der Waals surface area contributed by atoms with Gasteiger partial charge in [0.15, 0.2) is 0 Å². The van der Waals surface area contributed by atoms with Crippen LogP contribution in [0.15, 0.2) is 34.9 Å². The Morgan fingerprint density at radius 2 is 1.77 bits per heavy atom. The summed E-state index contributed by atoms with van der Waals surface area (Å²) in [5.74, 6) is 0.0324. The zero-order valence-corrected chi connectivity index (χ0v) is 12.3. The van der Waals surface area contributed by atoms with Crippen molar-refractivity contribution in [3.63, 3.8) is 0 Å². The number of benzene rings is 1. The van der Waals surface area contributed by atoms with E-state index in [0.29, 0.717) is 30.2 Å². The van der Waals surface area contributed by atoms with Crippen LogP contribution >= 0.6 is 0 Å². The van der Waals surface area contributed by atoms with E-state index in [-0.39, 0.29) is 5.69 Å². The molecule has 4 nitrogen and oxygen atoms in total. The van der Waals surface area contributed by atoms with E-state index in [1.807, 2.05) is 12.1 Å². The minimum absolute atomic E-state index is 0.152. The molecule has 3 rings (SSSR count). The van der Waals surface area contributed by atoms with Crippen molar-refractivity contribution in [2.24, 2.45) is 0 Å². The van der Waals surface area contributed by atoms with Gasteiger partial charge < -0.3 is 9.32 Å². The zero-order valence-electron chi connectivity index (χ0n) is 11.5. The molecule has 0 N–H and O–H groups in total. The van der Waals surface area contributed by atoms with Gasteiger partial charge in [-0.15, -0.1) is 0 Å². The molecule has 1 fully saturated rings. The van der Waals surface area contributed by atoms with Crippen LogP contribution in [0.2, 0.25) is 0 Å². The smallest absolute Gasteiger partial charge is 0.441 e. The molecule has 0 radical (unpaired) electrons. The maximum absolute atomic E-state index is 12.5. The summed E-state index contributed by atoms with van der Waals surface area (Å²) < 4.78 is 53.2. The first-order valence-corrected chi connectivity index (χ1v) is 8.15. The fourth-order valence-electron chi connectivity index (χ4n) is 2.28. The lowest BCUT2D eigenvalue weighted by Gasteiger charge is -2.28. The van der Waals surface area contributed by atoms with Crippen LogP contribution in [0, 0.1) is 0 Å². The van der Waals surface area contributed by atoms with Gasteiger partial charge >= 0.3 is 12.1 Å². The number of hydrogen-bond donors (Lipinski definition) is 0. The predicted molar refractivity (Wildman–Crippen MR) is 77.0 cm³/mol. The second-order valence-electron chi connectivity index (χ2n) is 4.92. The van der Waals surface area contributed by atoms with E-state index in [0.717, 1.165) is 12.0 Å². The summed E-state index contributed by atoms with van der Waals surface area (Å²) >= 11 is 0. The summed E-state index contributed by atoms with van der Waals surface area (Å²) in [5, 5.41) is 0. The number of nitrogens with zero attached hydrogens (tertiary/aromatic N) is 2. The molecule has 0 amide bonds. The Balaban J connectivity index is 1.77. The first kappa shape index (κ1) is 15.1. The molecule has 1 saturated heterocycles. The van der Waals surface area contributed by atoms with Crippen molar-refractivity contribution in [3.8, 4) is 11.3 Å². The Labute approximate surface area is 127 Å². The average Bonchev–Trinajstić information content (AvgIpc) is 2.98. The molecule has 1 aromatic carbocycles. The lowest BCUT2D eigenvalue weighted by molar-refractivity contribution is -0.157. The molecule has 2 heterocycles. The summed E-state index contributed by atoms with van der Waals surface area (Å²) in [7, 11) is -0.745. The topological polar surface area (TPSA) is 46.3 Å². The Kier molecular flexibility index (Phi) is 3.94. The van der Waals surface area contributed by atoms with Crippen LogP contribution in [0.5, 0.6) is 0 Å². The molecule has 1 aliphatic heterocycles. The van der Waals surface area contributed by atoms with Crippen LogP contribution in [0.4, 0.5) is 18.9 Å². The van der Waals surface area contributed by atoms with Crippen LogP contribution in [0.25, 0.3) is 11.3 Å². The lowest BCUT2D eigenvalue weighted by atomic mass is 10.1. The van der Waals surface area contributed by atoms with Gasteiger partial charge in [0.25, 0.3) is 0 Å². The molecule has 0 atom stereocenters. The monoisotopic (exact) mass is 330 g/mol. The van der Waals surface area contributed by atoms with Crippen molar-refractivity contribution in [2.45, 2.75) is 6.18 Å². The molecule has 0 aliphatic carbocycles. The second-order valence-corrected chi connectivity index (χ2v) is 6.61. The Hall–Kier alpha value is -1.83. The van der Waals surface area contributed by atoms with E-state index in [4.69, 9.17) is 0 Å². The normalized spacial score (nSPS) is 17.0. The summed E-state index contributed by atoms with van der Waals surface area (Å²) in [6.07, 6.45) is -3.58. The van der Waals surface area contributed by atoms with Crippen molar-refractivity contribution < 1.29 is 21.8 Å². The lowest BCUT2D eigenvalue weighted by Crippen LogP contribution is -2.37. The highest BCUT2D eigenvalue weighted by Gasteiger charge is 2.37. The maximum atomic E-state index is 12.5. The minimum atomic E-state index is -4.58. The molecular formula is C14H13F3N2O2S. The molecule has 0 saturated carbocycles. The van der Waals surface area contributed by atoms with Crippen LogP contribution in [-0.4, -0.2) is 33.8 Å². The number of hydrogen-bond acceptors (Lipinski definition) is 4. The first-order valence-electron chi connectivity index (χ1n) is 6.66. The molecule has 1 aromatic heterocycles. The number of aromatic nitrogens is 1. The van der Waals surface area contributed by atoms with E-state index in [1.54, 1.807) is 12.1 Å². The van der Waals surface area contributed by atoms with Gasteiger partial charge in [0, 0.05) is 46.6 Å². The molecule has 118 valence electrons. The van der Waals surface area contributed by atoms with Crippen molar-refractivity contribution in [1.82, 2.24) is 4.98 Å². The highest BCUT2D eigenvalue weighted by molar-refractivity contribution is 7.85. The van der Waals surface area contributed by atoms with Crippen LogP contribution < -0.4 is 4.90 Å². The molecule has 22 heavy (non-hydrogen) atoms. The number of anilines is 1. The van der Waals surface area contributed by atoms with Crippen LogP contribution in [-0.2, 0) is 17.0 Å². The van der Waals surface area contributed by atoms with Gasteiger partial charge in [-0.1, -0.05) is 12.1 Å². The fourth-order valence-corrected chi connectivity index (χ4v) is 3.33. The summed E-state index contributed by atoms with van der Waals surface area (Å²) in [6.45, 7) is 1.43. The van der Waals surface area contributed by atoms with Gasteiger partial charge in [-0.05, 0) is 12.1 Å². The van der Waals surface area contributed by atoms with Gasteiger partial charge in [-0.3, -0.25) is 4.21 Å². The molecule has 2 aromatic rings. The van der Waals surface area contributed by atoms with E-state index < -0.39 is 22.9 Å². The highest BCUT2D eigenvalue weighted by Crippen LogP contribution is 2.31. The maximum Gasteiger partial charge on any atom is 0.468 e. The average molecular weight is 330 g/mol. The Morgan fingerprint density at radius 1 is 1.14 bits per heavy atom. The summed E-state index contributed by atoms with van der Waals surface area (Å²) in [6, 6.07) is 7.06. The number of halogens is 3. The molecule has 8 heteroatoms. The summed E-state index contributed by atoms with van der Waals surface area (Å²) in [5.41, 5.74) is 1.67. The van der Waals surface area contributed by atoms with Gasteiger partial charge in [-0.2, -0.15) is 13.2 Å².